The summed E-state index contributed by atoms with van der Waals surface area (Å²) in [6.07, 6.45) is 4.85. The van der Waals surface area contributed by atoms with Crippen LogP contribution in [-0.2, 0) is 6.54 Å². The number of nitrogens with zero attached hydrogens (tertiary/aromatic N) is 3. The van der Waals surface area contributed by atoms with Crippen molar-refractivity contribution in [3.63, 3.8) is 0 Å². The van der Waals surface area contributed by atoms with E-state index in [1.807, 2.05) is 41.1 Å². The van der Waals surface area contributed by atoms with E-state index < -0.39 is 6.10 Å². The van der Waals surface area contributed by atoms with E-state index in [0.29, 0.717) is 18.1 Å². The van der Waals surface area contributed by atoms with Gasteiger partial charge in [-0.05, 0) is 37.6 Å². The minimum absolute atomic E-state index is 0.504. The van der Waals surface area contributed by atoms with Crippen LogP contribution >= 0.6 is 0 Å². The van der Waals surface area contributed by atoms with Crippen molar-refractivity contribution in [3.8, 4) is 23.2 Å². The smallest absolute Gasteiger partial charge is 0.167 e. The van der Waals surface area contributed by atoms with Crippen molar-refractivity contribution in [1.29, 1.82) is 0 Å². The van der Waals surface area contributed by atoms with Crippen molar-refractivity contribution >= 4 is 0 Å². The van der Waals surface area contributed by atoms with E-state index in [1.54, 1.807) is 13.1 Å². The minimum atomic E-state index is -0.622. The molecule has 2 heterocycles. The molecule has 3 rings (SSSR count). The second kappa shape index (κ2) is 7.82. The lowest BCUT2D eigenvalue weighted by Gasteiger charge is -2.07. The second-order valence-corrected chi connectivity index (χ2v) is 5.90. The average molecular weight is 335 g/mol. The monoisotopic (exact) mass is 335 g/mol. The average Bonchev–Trinajstić information content (AvgIpc) is 3.26. The predicted molar refractivity (Wildman–Crippen MR) is 95.7 cm³/mol. The highest BCUT2D eigenvalue weighted by Gasteiger charge is 2.12. The van der Waals surface area contributed by atoms with Crippen LogP contribution in [-0.4, -0.2) is 19.8 Å². The molecule has 1 atom stereocenters. The van der Waals surface area contributed by atoms with Crippen molar-refractivity contribution < 1.29 is 9.63 Å². The molecule has 128 valence electrons. The standard InChI is InChI=1S/C20H21N3O2/c1-3-4-5-6-16-7-9-17(10-8-16)19-13-18(22-25-19)14-23-12-11-21-20(23)15(2)24/h7-13,15,24H,3-4,14H2,1-2H3/t15-/m0/s1. The molecular weight excluding hydrogens is 314 g/mol. The summed E-state index contributed by atoms with van der Waals surface area (Å²) in [5, 5.41) is 13.8. The Hall–Kier alpha value is -2.84. The predicted octanol–water partition coefficient (Wildman–Crippen LogP) is 3.79. The number of hydrogen-bond donors (Lipinski definition) is 1. The summed E-state index contributed by atoms with van der Waals surface area (Å²) in [6, 6.07) is 9.85. The fraction of sp³-hybridized carbons (Fsp3) is 0.300. The third-order valence-electron chi connectivity index (χ3n) is 3.79. The summed E-state index contributed by atoms with van der Waals surface area (Å²) in [7, 11) is 0. The molecular formula is C20H21N3O2. The molecule has 0 saturated heterocycles. The first-order valence-corrected chi connectivity index (χ1v) is 8.41. The maximum atomic E-state index is 9.72. The normalized spacial score (nSPS) is 11.8. The van der Waals surface area contributed by atoms with Gasteiger partial charge in [0.05, 0.1) is 6.54 Å². The van der Waals surface area contributed by atoms with Gasteiger partial charge in [-0.1, -0.05) is 23.9 Å². The Morgan fingerprint density at radius 3 is 2.80 bits per heavy atom. The van der Waals surface area contributed by atoms with E-state index in [4.69, 9.17) is 4.52 Å². The molecule has 0 saturated carbocycles. The summed E-state index contributed by atoms with van der Waals surface area (Å²) < 4.78 is 7.32. The first-order chi connectivity index (χ1) is 12.2. The number of aliphatic hydroxyl groups is 1. The largest absolute Gasteiger partial charge is 0.385 e. The van der Waals surface area contributed by atoms with Gasteiger partial charge in [-0.25, -0.2) is 4.98 Å². The Morgan fingerprint density at radius 2 is 2.08 bits per heavy atom. The fourth-order valence-electron chi connectivity index (χ4n) is 2.53. The zero-order chi connectivity index (χ0) is 17.6. The Balaban J connectivity index is 1.73. The highest BCUT2D eigenvalue weighted by Crippen LogP contribution is 2.22. The van der Waals surface area contributed by atoms with Gasteiger partial charge < -0.3 is 14.2 Å². The number of rotatable bonds is 5. The van der Waals surface area contributed by atoms with E-state index in [9.17, 15) is 5.11 Å². The van der Waals surface area contributed by atoms with E-state index >= 15 is 0 Å². The number of benzene rings is 1. The summed E-state index contributed by atoms with van der Waals surface area (Å²) in [6.45, 7) is 4.32. The van der Waals surface area contributed by atoms with Crippen LogP contribution in [0.2, 0.25) is 0 Å². The fourth-order valence-corrected chi connectivity index (χ4v) is 2.53. The minimum Gasteiger partial charge on any atom is -0.385 e. The molecule has 5 heteroatoms. The van der Waals surface area contributed by atoms with Gasteiger partial charge >= 0.3 is 0 Å². The van der Waals surface area contributed by atoms with Crippen LogP contribution in [0.4, 0.5) is 0 Å². The third kappa shape index (κ3) is 4.17. The van der Waals surface area contributed by atoms with Crippen molar-refractivity contribution in [2.45, 2.75) is 39.3 Å². The third-order valence-corrected chi connectivity index (χ3v) is 3.79. The molecule has 0 aliphatic heterocycles. The van der Waals surface area contributed by atoms with E-state index in [0.717, 1.165) is 29.7 Å². The van der Waals surface area contributed by atoms with Gasteiger partial charge in [0.2, 0.25) is 0 Å². The van der Waals surface area contributed by atoms with Gasteiger partial charge in [0.25, 0.3) is 0 Å². The Labute approximate surface area is 147 Å². The van der Waals surface area contributed by atoms with Crippen LogP contribution in [0.25, 0.3) is 11.3 Å². The van der Waals surface area contributed by atoms with Crippen molar-refractivity contribution in [1.82, 2.24) is 14.7 Å². The van der Waals surface area contributed by atoms with Crippen LogP contribution in [0.1, 0.15) is 49.9 Å². The van der Waals surface area contributed by atoms with Gasteiger partial charge in [0, 0.05) is 36.0 Å². The first-order valence-electron chi connectivity index (χ1n) is 8.41. The maximum absolute atomic E-state index is 9.72. The number of aromatic nitrogens is 3. The van der Waals surface area contributed by atoms with Gasteiger partial charge in [-0.3, -0.25) is 0 Å². The summed E-state index contributed by atoms with van der Waals surface area (Å²) in [5.74, 6) is 7.61. The quantitative estimate of drug-likeness (QED) is 0.721. The van der Waals surface area contributed by atoms with Crippen LogP contribution in [0.5, 0.6) is 0 Å². The number of imidazole rings is 1. The molecule has 0 unspecified atom stereocenters. The molecule has 0 radical (unpaired) electrons. The summed E-state index contributed by atoms with van der Waals surface area (Å²) in [4.78, 5) is 4.16. The molecule has 25 heavy (non-hydrogen) atoms. The molecule has 0 fully saturated rings. The Bertz CT molecular complexity index is 880. The topological polar surface area (TPSA) is 64.1 Å². The maximum Gasteiger partial charge on any atom is 0.167 e. The molecule has 0 bridgehead atoms. The lowest BCUT2D eigenvalue weighted by Crippen LogP contribution is -2.07. The zero-order valence-corrected chi connectivity index (χ0v) is 14.4. The highest BCUT2D eigenvalue weighted by atomic mass is 16.5. The second-order valence-electron chi connectivity index (χ2n) is 5.90. The molecule has 0 aliphatic carbocycles. The lowest BCUT2D eigenvalue weighted by atomic mass is 10.1. The van der Waals surface area contributed by atoms with Crippen molar-refractivity contribution in [2.24, 2.45) is 0 Å². The Kier molecular flexibility index (Phi) is 5.32. The van der Waals surface area contributed by atoms with Gasteiger partial charge in [0.1, 0.15) is 17.6 Å². The van der Waals surface area contributed by atoms with Crippen LogP contribution in [0, 0.1) is 11.8 Å². The molecule has 5 nitrogen and oxygen atoms in total. The summed E-state index contributed by atoms with van der Waals surface area (Å²) >= 11 is 0. The number of hydrogen-bond acceptors (Lipinski definition) is 4. The van der Waals surface area contributed by atoms with Crippen LogP contribution in [0.15, 0.2) is 47.2 Å². The zero-order valence-electron chi connectivity index (χ0n) is 14.4. The summed E-state index contributed by atoms with van der Waals surface area (Å²) in [5.41, 5.74) is 2.74. The van der Waals surface area contributed by atoms with E-state index in [2.05, 4.69) is 28.9 Å². The molecule has 3 aromatic rings. The van der Waals surface area contributed by atoms with Crippen LogP contribution in [0.3, 0.4) is 0 Å². The van der Waals surface area contributed by atoms with Crippen LogP contribution < -0.4 is 0 Å². The highest BCUT2D eigenvalue weighted by molar-refractivity contribution is 5.59. The van der Waals surface area contributed by atoms with Gasteiger partial charge in [-0.15, -0.1) is 0 Å². The lowest BCUT2D eigenvalue weighted by molar-refractivity contribution is 0.184. The van der Waals surface area contributed by atoms with E-state index in [1.165, 1.54) is 0 Å². The first kappa shape index (κ1) is 17.0. The molecule has 2 aromatic heterocycles. The Morgan fingerprint density at radius 1 is 1.28 bits per heavy atom. The molecule has 0 amide bonds. The SMILES string of the molecule is CCCC#Cc1ccc(-c2cc(Cn3ccnc3[C@H](C)O)no2)cc1. The van der Waals surface area contributed by atoms with Gasteiger partial charge in [0.15, 0.2) is 5.76 Å². The number of aliphatic hydroxyl groups excluding tert-OH is 1. The van der Waals surface area contributed by atoms with Crippen molar-refractivity contribution in [3.05, 3.63) is 59.8 Å². The van der Waals surface area contributed by atoms with Crippen molar-refractivity contribution in [2.75, 3.05) is 0 Å². The molecule has 0 aliphatic rings. The molecule has 1 aromatic carbocycles. The molecule has 1 N–H and O–H groups in total. The molecule has 0 spiro atoms. The van der Waals surface area contributed by atoms with E-state index in [-0.39, 0.29) is 0 Å². The number of unbranched alkanes of at least 4 members (excludes halogenated alkanes) is 1. The van der Waals surface area contributed by atoms with Gasteiger partial charge in [-0.2, -0.15) is 0 Å².